The number of nitrogens with zero attached hydrogens (tertiary/aromatic N) is 4. The Hall–Kier alpha value is -1.27. The SMILES string of the molecule is CCNC(c1ncccc1Br)c1cnnn1CC. The lowest BCUT2D eigenvalue weighted by Gasteiger charge is -2.18. The van der Waals surface area contributed by atoms with Crippen molar-refractivity contribution in [3.8, 4) is 0 Å². The second kappa shape index (κ2) is 6.06. The summed E-state index contributed by atoms with van der Waals surface area (Å²) in [5, 5.41) is 11.5. The zero-order valence-corrected chi connectivity index (χ0v) is 12.1. The summed E-state index contributed by atoms with van der Waals surface area (Å²) in [7, 11) is 0. The highest BCUT2D eigenvalue weighted by Gasteiger charge is 2.21. The van der Waals surface area contributed by atoms with Crippen LogP contribution >= 0.6 is 15.9 Å². The van der Waals surface area contributed by atoms with Crippen LogP contribution in [-0.2, 0) is 6.54 Å². The molecule has 1 unspecified atom stereocenters. The first kappa shape index (κ1) is 13.2. The van der Waals surface area contributed by atoms with Gasteiger partial charge in [-0.2, -0.15) is 0 Å². The lowest BCUT2D eigenvalue weighted by Crippen LogP contribution is -2.26. The fourth-order valence-corrected chi connectivity index (χ4v) is 2.37. The molecule has 0 bridgehead atoms. The van der Waals surface area contributed by atoms with Crippen molar-refractivity contribution in [3.63, 3.8) is 0 Å². The zero-order valence-electron chi connectivity index (χ0n) is 10.5. The van der Waals surface area contributed by atoms with Crippen LogP contribution in [0.3, 0.4) is 0 Å². The van der Waals surface area contributed by atoms with E-state index < -0.39 is 0 Å². The van der Waals surface area contributed by atoms with Crippen molar-refractivity contribution in [2.24, 2.45) is 0 Å². The van der Waals surface area contributed by atoms with Crippen LogP contribution < -0.4 is 5.32 Å². The van der Waals surface area contributed by atoms with E-state index in [1.165, 1.54) is 0 Å². The third kappa shape index (κ3) is 2.59. The van der Waals surface area contributed by atoms with Crippen molar-refractivity contribution < 1.29 is 0 Å². The van der Waals surface area contributed by atoms with Crippen molar-refractivity contribution in [2.45, 2.75) is 26.4 Å². The minimum Gasteiger partial charge on any atom is -0.304 e. The number of aryl methyl sites for hydroxylation is 1. The molecule has 1 N–H and O–H groups in total. The first-order valence-corrected chi connectivity index (χ1v) is 6.79. The first-order chi connectivity index (χ1) is 8.77. The molecule has 0 saturated carbocycles. The quantitative estimate of drug-likeness (QED) is 0.919. The summed E-state index contributed by atoms with van der Waals surface area (Å²) in [6.07, 6.45) is 3.59. The van der Waals surface area contributed by atoms with E-state index in [0.717, 1.165) is 29.0 Å². The van der Waals surface area contributed by atoms with Gasteiger partial charge in [0.1, 0.15) is 0 Å². The van der Waals surface area contributed by atoms with Gasteiger partial charge in [0.15, 0.2) is 0 Å². The second-order valence-corrected chi connectivity index (χ2v) is 4.69. The summed E-state index contributed by atoms with van der Waals surface area (Å²) >= 11 is 3.55. The maximum absolute atomic E-state index is 4.45. The average molecular weight is 310 g/mol. The van der Waals surface area contributed by atoms with Gasteiger partial charge in [0, 0.05) is 17.2 Å². The molecule has 0 amide bonds. The summed E-state index contributed by atoms with van der Waals surface area (Å²) in [4.78, 5) is 4.45. The Balaban J connectivity index is 2.43. The Kier molecular flexibility index (Phi) is 4.43. The van der Waals surface area contributed by atoms with Gasteiger partial charge in [0.25, 0.3) is 0 Å². The van der Waals surface area contributed by atoms with Crippen LogP contribution in [0, 0.1) is 0 Å². The summed E-state index contributed by atoms with van der Waals surface area (Å²) in [5.41, 5.74) is 1.98. The molecule has 0 saturated heterocycles. The van der Waals surface area contributed by atoms with E-state index in [-0.39, 0.29) is 6.04 Å². The smallest absolute Gasteiger partial charge is 0.0949 e. The topological polar surface area (TPSA) is 55.6 Å². The first-order valence-electron chi connectivity index (χ1n) is 6.00. The number of halogens is 1. The molecule has 0 aliphatic carbocycles. The molecule has 1 atom stereocenters. The molecule has 5 nitrogen and oxygen atoms in total. The largest absolute Gasteiger partial charge is 0.304 e. The molecule has 0 aliphatic rings. The van der Waals surface area contributed by atoms with Gasteiger partial charge in [-0.3, -0.25) is 4.98 Å². The predicted octanol–water partition coefficient (Wildman–Crippen LogP) is 2.15. The molecule has 0 fully saturated rings. The van der Waals surface area contributed by atoms with Crippen molar-refractivity contribution in [2.75, 3.05) is 6.54 Å². The van der Waals surface area contributed by atoms with Gasteiger partial charge in [-0.15, -0.1) is 5.10 Å². The van der Waals surface area contributed by atoms with Gasteiger partial charge in [0.2, 0.25) is 0 Å². The van der Waals surface area contributed by atoms with Crippen LogP contribution in [0.15, 0.2) is 29.0 Å². The van der Waals surface area contributed by atoms with Crippen LogP contribution in [0.1, 0.15) is 31.3 Å². The van der Waals surface area contributed by atoms with Gasteiger partial charge >= 0.3 is 0 Å². The summed E-state index contributed by atoms with van der Waals surface area (Å²) in [5.74, 6) is 0. The minimum atomic E-state index is 0.000486. The monoisotopic (exact) mass is 309 g/mol. The van der Waals surface area contributed by atoms with Crippen LogP contribution in [0.25, 0.3) is 0 Å². The standard InChI is InChI=1S/C12H16BrN5/c1-3-14-12(10-8-16-17-18(10)4-2)11-9(13)6-5-7-15-11/h5-8,12,14H,3-4H2,1-2H3. The van der Waals surface area contributed by atoms with Gasteiger partial charge in [-0.25, -0.2) is 4.68 Å². The lowest BCUT2D eigenvalue weighted by atomic mass is 10.1. The molecule has 0 aliphatic heterocycles. The number of nitrogens with one attached hydrogen (secondary N) is 1. The second-order valence-electron chi connectivity index (χ2n) is 3.84. The molecule has 2 heterocycles. The summed E-state index contributed by atoms with van der Waals surface area (Å²) in [6, 6.07) is 3.90. The Bertz CT molecular complexity index is 511. The molecular weight excluding hydrogens is 294 g/mol. The normalized spacial score (nSPS) is 12.6. The maximum atomic E-state index is 4.45. The molecule has 0 radical (unpaired) electrons. The van der Waals surface area contributed by atoms with E-state index in [0.29, 0.717) is 0 Å². The molecule has 18 heavy (non-hydrogen) atoms. The average Bonchev–Trinajstić information content (AvgIpc) is 2.85. The van der Waals surface area contributed by atoms with Crippen LogP contribution in [0.5, 0.6) is 0 Å². The van der Waals surface area contributed by atoms with Crippen molar-refractivity contribution in [3.05, 3.63) is 40.4 Å². The summed E-state index contributed by atoms with van der Waals surface area (Å²) in [6.45, 7) is 5.77. The van der Waals surface area contributed by atoms with Gasteiger partial charge in [-0.1, -0.05) is 12.1 Å². The molecule has 6 heteroatoms. The number of pyridine rings is 1. The Morgan fingerprint density at radius 3 is 2.94 bits per heavy atom. The predicted molar refractivity (Wildman–Crippen MR) is 73.2 cm³/mol. The van der Waals surface area contributed by atoms with Gasteiger partial charge in [-0.05, 0) is 41.5 Å². The molecule has 2 aromatic heterocycles. The van der Waals surface area contributed by atoms with Crippen molar-refractivity contribution >= 4 is 15.9 Å². The number of aromatic nitrogens is 4. The van der Waals surface area contributed by atoms with E-state index in [1.54, 1.807) is 12.4 Å². The zero-order chi connectivity index (χ0) is 13.0. The fourth-order valence-electron chi connectivity index (χ4n) is 1.89. The fraction of sp³-hybridized carbons (Fsp3) is 0.417. The minimum absolute atomic E-state index is 0.000486. The van der Waals surface area contributed by atoms with E-state index in [2.05, 4.69) is 50.4 Å². The third-order valence-electron chi connectivity index (χ3n) is 2.71. The molecule has 96 valence electrons. The Morgan fingerprint density at radius 2 is 2.28 bits per heavy atom. The number of rotatable bonds is 5. The van der Waals surface area contributed by atoms with Crippen molar-refractivity contribution in [1.82, 2.24) is 25.3 Å². The molecule has 2 rings (SSSR count). The van der Waals surface area contributed by atoms with Gasteiger partial charge < -0.3 is 5.32 Å². The van der Waals surface area contributed by atoms with Crippen molar-refractivity contribution in [1.29, 1.82) is 0 Å². The van der Waals surface area contributed by atoms with Crippen LogP contribution in [0.2, 0.25) is 0 Å². The highest BCUT2D eigenvalue weighted by molar-refractivity contribution is 9.10. The van der Waals surface area contributed by atoms with E-state index in [1.807, 2.05) is 16.8 Å². The maximum Gasteiger partial charge on any atom is 0.0949 e. The number of hydrogen-bond acceptors (Lipinski definition) is 4. The third-order valence-corrected chi connectivity index (χ3v) is 3.38. The van der Waals surface area contributed by atoms with E-state index >= 15 is 0 Å². The molecule has 0 aromatic carbocycles. The van der Waals surface area contributed by atoms with Crippen LogP contribution in [0.4, 0.5) is 0 Å². The highest BCUT2D eigenvalue weighted by atomic mass is 79.9. The Morgan fingerprint density at radius 1 is 1.44 bits per heavy atom. The van der Waals surface area contributed by atoms with E-state index in [4.69, 9.17) is 0 Å². The molecule has 0 spiro atoms. The van der Waals surface area contributed by atoms with Crippen LogP contribution in [-0.4, -0.2) is 26.5 Å². The molecule has 2 aromatic rings. The highest BCUT2D eigenvalue weighted by Crippen LogP contribution is 2.25. The summed E-state index contributed by atoms with van der Waals surface area (Å²) < 4.78 is 2.87. The number of hydrogen-bond donors (Lipinski definition) is 1. The Labute approximate surface area is 115 Å². The van der Waals surface area contributed by atoms with E-state index in [9.17, 15) is 0 Å². The lowest BCUT2D eigenvalue weighted by molar-refractivity contribution is 0.526. The molecular formula is C12H16BrN5. The van der Waals surface area contributed by atoms with Gasteiger partial charge in [0.05, 0.1) is 23.6 Å².